The molecule has 0 bridgehead atoms. The summed E-state index contributed by atoms with van der Waals surface area (Å²) in [5.41, 5.74) is 6.84. The quantitative estimate of drug-likeness (QED) is 0.930. The summed E-state index contributed by atoms with van der Waals surface area (Å²) in [5, 5.41) is 1.09. The zero-order chi connectivity index (χ0) is 14.7. The Balaban J connectivity index is 1.93. The maximum atomic E-state index is 12.3. The number of benzene rings is 1. The predicted octanol–water partition coefficient (Wildman–Crippen LogP) is 3.26. The van der Waals surface area contributed by atoms with Crippen molar-refractivity contribution in [1.29, 1.82) is 0 Å². The van der Waals surface area contributed by atoms with Gasteiger partial charge in [0, 0.05) is 25.0 Å². The number of carbonyl (C=O) groups is 1. The standard InChI is InChI=1S/C15H20Cl2N2O/c1-10-9-12(18)7-8-19(10)14(20)6-5-11-3-2-4-13(16)15(11)17/h2-4,10,12H,5-9,18H2,1H3/t10-,12-/m0/s1. The average molecular weight is 315 g/mol. The number of likely N-dealkylation sites (tertiary alicyclic amines) is 1. The first-order valence-corrected chi connectivity index (χ1v) is 7.72. The number of hydrogen-bond donors (Lipinski definition) is 1. The first kappa shape index (κ1) is 15.6. The number of rotatable bonds is 3. The number of halogens is 2. The molecule has 1 heterocycles. The predicted molar refractivity (Wildman–Crippen MR) is 83.2 cm³/mol. The van der Waals surface area contributed by atoms with E-state index in [4.69, 9.17) is 28.9 Å². The average Bonchev–Trinajstić information content (AvgIpc) is 2.40. The highest BCUT2D eigenvalue weighted by Gasteiger charge is 2.26. The van der Waals surface area contributed by atoms with Crippen LogP contribution in [0.4, 0.5) is 0 Å². The summed E-state index contributed by atoms with van der Waals surface area (Å²) in [7, 11) is 0. The summed E-state index contributed by atoms with van der Waals surface area (Å²) >= 11 is 12.1. The van der Waals surface area contributed by atoms with Crippen molar-refractivity contribution in [2.24, 2.45) is 5.73 Å². The maximum absolute atomic E-state index is 12.3. The van der Waals surface area contributed by atoms with Crippen LogP contribution in [0.5, 0.6) is 0 Å². The smallest absolute Gasteiger partial charge is 0.223 e. The van der Waals surface area contributed by atoms with Gasteiger partial charge in [-0.15, -0.1) is 0 Å². The van der Waals surface area contributed by atoms with E-state index in [9.17, 15) is 4.79 Å². The molecule has 0 aromatic heterocycles. The normalized spacial score (nSPS) is 22.9. The van der Waals surface area contributed by atoms with Gasteiger partial charge in [0.15, 0.2) is 0 Å². The van der Waals surface area contributed by atoms with Crippen LogP contribution >= 0.6 is 23.2 Å². The van der Waals surface area contributed by atoms with Gasteiger partial charge in [0.2, 0.25) is 5.91 Å². The zero-order valence-corrected chi connectivity index (χ0v) is 13.1. The summed E-state index contributed by atoms with van der Waals surface area (Å²) < 4.78 is 0. The van der Waals surface area contributed by atoms with Gasteiger partial charge < -0.3 is 10.6 Å². The topological polar surface area (TPSA) is 46.3 Å². The minimum atomic E-state index is 0.167. The lowest BCUT2D eigenvalue weighted by Crippen LogP contribution is -2.48. The van der Waals surface area contributed by atoms with E-state index in [-0.39, 0.29) is 18.0 Å². The van der Waals surface area contributed by atoms with Crippen molar-refractivity contribution in [3.8, 4) is 0 Å². The van der Waals surface area contributed by atoms with E-state index in [1.807, 2.05) is 17.0 Å². The van der Waals surface area contributed by atoms with Crippen LogP contribution in [0, 0.1) is 0 Å². The van der Waals surface area contributed by atoms with Crippen LogP contribution in [0.3, 0.4) is 0 Å². The molecule has 0 saturated carbocycles. The van der Waals surface area contributed by atoms with Crippen LogP contribution < -0.4 is 5.73 Å². The fourth-order valence-electron chi connectivity index (χ4n) is 2.71. The Bertz CT molecular complexity index is 493. The minimum Gasteiger partial charge on any atom is -0.340 e. The summed E-state index contributed by atoms with van der Waals surface area (Å²) in [6.45, 7) is 2.81. The largest absolute Gasteiger partial charge is 0.340 e. The number of carbonyl (C=O) groups excluding carboxylic acids is 1. The number of aryl methyl sites for hydroxylation is 1. The van der Waals surface area contributed by atoms with Crippen LogP contribution in [-0.2, 0) is 11.2 Å². The number of amides is 1. The molecule has 0 unspecified atom stereocenters. The highest BCUT2D eigenvalue weighted by molar-refractivity contribution is 6.42. The van der Waals surface area contributed by atoms with Gasteiger partial charge in [0.1, 0.15) is 0 Å². The van der Waals surface area contributed by atoms with Gasteiger partial charge in [-0.3, -0.25) is 4.79 Å². The molecule has 0 spiro atoms. The molecule has 1 saturated heterocycles. The van der Waals surface area contributed by atoms with Crippen molar-refractivity contribution in [1.82, 2.24) is 4.90 Å². The molecule has 0 radical (unpaired) electrons. The molecule has 1 aliphatic heterocycles. The van der Waals surface area contributed by atoms with Gasteiger partial charge in [0.05, 0.1) is 10.0 Å². The second-order valence-electron chi connectivity index (χ2n) is 5.43. The van der Waals surface area contributed by atoms with Crippen molar-refractivity contribution in [2.75, 3.05) is 6.54 Å². The highest BCUT2D eigenvalue weighted by Crippen LogP contribution is 2.27. The molecule has 20 heavy (non-hydrogen) atoms. The Labute approximate surface area is 130 Å². The van der Waals surface area contributed by atoms with E-state index < -0.39 is 0 Å². The number of nitrogens with two attached hydrogens (primary N) is 1. The summed E-state index contributed by atoms with van der Waals surface area (Å²) in [6.07, 6.45) is 2.84. The van der Waals surface area contributed by atoms with E-state index in [1.165, 1.54) is 0 Å². The van der Waals surface area contributed by atoms with Crippen LogP contribution in [0.25, 0.3) is 0 Å². The Hall–Kier alpha value is -0.770. The van der Waals surface area contributed by atoms with E-state index in [2.05, 4.69) is 6.92 Å². The third-order valence-corrected chi connectivity index (χ3v) is 4.73. The minimum absolute atomic E-state index is 0.167. The van der Waals surface area contributed by atoms with Gasteiger partial charge >= 0.3 is 0 Å². The zero-order valence-electron chi connectivity index (χ0n) is 11.6. The van der Waals surface area contributed by atoms with Crippen molar-refractivity contribution < 1.29 is 4.79 Å². The molecule has 1 fully saturated rings. The van der Waals surface area contributed by atoms with Crippen LogP contribution in [-0.4, -0.2) is 29.4 Å². The third-order valence-electron chi connectivity index (χ3n) is 3.88. The molecular formula is C15H20Cl2N2O. The van der Waals surface area contributed by atoms with Crippen molar-refractivity contribution in [3.63, 3.8) is 0 Å². The Kier molecular flexibility index (Phi) is 5.30. The monoisotopic (exact) mass is 314 g/mol. The summed E-state index contributed by atoms with van der Waals surface area (Å²) in [4.78, 5) is 14.2. The lowest BCUT2D eigenvalue weighted by molar-refractivity contribution is -0.134. The van der Waals surface area contributed by atoms with Crippen LogP contribution in [0.1, 0.15) is 31.7 Å². The Morgan fingerprint density at radius 3 is 2.90 bits per heavy atom. The fourth-order valence-corrected chi connectivity index (χ4v) is 3.12. The summed E-state index contributed by atoms with van der Waals surface area (Å²) in [6, 6.07) is 5.97. The molecule has 3 nitrogen and oxygen atoms in total. The van der Waals surface area contributed by atoms with Crippen molar-refractivity contribution in [3.05, 3.63) is 33.8 Å². The molecule has 1 aromatic rings. The number of nitrogens with zero attached hydrogens (tertiary/aromatic N) is 1. The molecule has 110 valence electrons. The van der Waals surface area contributed by atoms with Gasteiger partial charge in [-0.05, 0) is 37.8 Å². The molecule has 1 aliphatic rings. The van der Waals surface area contributed by atoms with Crippen molar-refractivity contribution >= 4 is 29.1 Å². The lowest BCUT2D eigenvalue weighted by atomic mass is 9.98. The van der Waals surface area contributed by atoms with Gasteiger partial charge in [-0.25, -0.2) is 0 Å². The molecule has 5 heteroatoms. The second kappa shape index (κ2) is 6.79. The first-order chi connectivity index (χ1) is 9.49. The molecule has 2 N–H and O–H groups in total. The Morgan fingerprint density at radius 1 is 1.45 bits per heavy atom. The molecular weight excluding hydrogens is 295 g/mol. The van der Waals surface area contributed by atoms with Gasteiger partial charge in [0.25, 0.3) is 0 Å². The van der Waals surface area contributed by atoms with E-state index in [1.54, 1.807) is 6.07 Å². The maximum Gasteiger partial charge on any atom is 0.223 e. The van der Waals surface area contributed by atoms with Gasteiger partial charge in [-0.1, -0.05) is 35.3 Å². The van der Waals surface area contributed by atoms with Crippen LogP contribution in [0.2, 0.25) is 10.0 Å². The Morgan fingerprint density at radius 2 is 2.20 bits per heavy atom. The lowest BCUT2D eigenvalue weighted by Gasteiger charge is -2.36. The third kappa shape index (κ3) is 3.66. The van der Waals surface area contributed by atoms with E-state index in [0.717, 1.165) is 24.9 Å². The molecule has 0 aliphatic carbocycles. The molecule has 1 aromatic carbocycles. The summed E-state index contributed by atoms with van der Waals surface area (Å²) in [5.74, 6) is 0.167. The fraction of sp³-hybridized carbons (Fsp3) is 0.533. The van der Waals surface area contributed by atoms with E-state index in [0.29, 0.717) is 22.9 Å². The first-order valence-electron chi connectivity index (χ1n) is 6.97. The van der Waals surface area contributed by atoms with Crippen LogP contribution in [0.15, 0.2) is 18.2 Å². The second-order valence-corrected chi connectivity index (χ2v) is 6.22. The SMILES string of the molecule is C[C@H]1C[C@@H](N)CCN1C(=O)CCc1cccc(Cl)c1Cl. The molecule has 2 rings (SSSR count). The highest BCUT2D eigenvalue weighted by atomic mass is 35.5. The van der Waals surface area contributed by atoms with Gasteiger partial charge in [-0.2, -0.15) is 0 Å². The van der Waals surface area contributed by atoms with E-state index >= 15 is 0 Å². The molecule has 2 atom stereocenters. The molecule has 1 amide bonds. The van der Waals surface area contributed by atoms with Crippen molar-refractivity contribution in [2.45, 2.75) is 44.7 Å². The number of piperidine rings is 1. The number of hydrogen-bond acceptors (Lipinski definition) is 2.